The Labute approximate surface area is 222 Å². The molecule has 0 spiro atoms. The van der Waals surface area contributed by atoms with Gasteiger partial charge in [-0.05, 0) is 139 Å². The van der Waals surface area contributed by atoms with Crippen LogP contribution < -0.4 is 0 Å². The van der Waals surface area contributed by atoms with E-state index in [9.17, 15) is 4.79 Å². The molecule has 0 bridgehead atoms. The highest BCUT2D eigenvalue weighted by Crippen LogP contribution is 2.39. The Morgan fingerprint density at radius 3 is 1.39 bits per heavy atom. The van der Waals surface area contributed by atoms with E-state index in [1.54, 1.807) is 13.0 Å². The minimum Gasteiger partial charge on any atom is -0.295 e. The molecule has 5 nitrogen and oxygen atoms in total. The highest BCUT2D eigenvalue weighted by molar-refractivity contribution is 5.87. The van der Waals surface area contributed by atoms with Gasteiger partial charge in [0, 0.05) is 22.2 Å². The zero-order valence-electron chi connectivity index (χ0n) is 25.6. The molecule has 0 saturated carbocycles. The third-order valence-electron chi connectivity index (χ3n) is 7.10. The van der Waals surface area contributed by atoms with Crippen LogP contribution in [0.3, 0.4) is 0 Å². The van der Waals surface area contributed by atoms with Crippen molar-refractivity contribution in [2.24, 2.45) is 0 Å². The van der Waals surface area contributed by atoms with Gasteiger partial charge in [-0.1, -0.05) is 18.2 Å². The van der Waals surface area contributed by atoms with Gasteiger partial charge < -0.3 is 0 Å². The van der Waals surface area contributed by atoms with Crippen molar-refractivity contribution in [1.29, 1.82) is 0 Å². The quantitative estimate of drug-likeness (QED) is 0.247. The SMILES string of the molecule is C=C(C=C(C)C)CON1C(C)(C)CCCC1(C)C.CC(=O)/C=C(\C)CON1C(C)(C)CCCC1(C)C. The van der Waals surface area contributed by atoms with Crippen molar-refractivity contribution in [3.63, 3.8) is 0 Å². The van der Waals surface area contributed by atoms with E-state index in [2.05, 4.69) is 92.0 Å². The number of nitrogens with zero attached hydrogens (tertiary/aromatic N) is 2. The topological polar surface area (TPSA) is 42.0 Å². The molecule has 208 valence electrons. The Morgan fingerprint density at radius 2 is 1.06 bits per heavy atom. The van der Waals surface area contributed by atoms with Crippen LogP contribution in [0, 0.1) is 0 Å². The summed E-state index contributed by atoms with van der Waals surface area (Å²) in [5, 5.41) is 4.31. The first kappa shape index (κ1) is 32.8. The highest BCUT2D eigenvalue weighted by atomic mass is 16.7. The summed E-state index contributed by atoms with van der Waals surface area (Å²) in [5.74, 6) is 0.0771. The van der Waals surface area contributed by atoms with Gasteiger partial charge in [0.25, 0.3) is 0 Å². The molecule has 0 radical (unpaired) electrons. The van der Waals surface area contributed by atoms with E-state index in [4.69, 9.17) is 9.68 Å². The molecule has 2 aliphatic heterocycles. The van der Waals surface area contributed by atoms with Crippen molar-refractivity contribution >= 4 is 5.78 Å². The number of piperidine rings is 2. The van der Waals surface area contributed by atoms with Crippen molar-refractivity contribution < 1.29 is 14.5 Å². The maximum Gasteiger partial charge on any atom is 0.152 e. The maximum atomic E-state index is 11.0. The Morgan fingerprint density at radius 1 is 0.694 bits per heavy atom. The van der Waals surface area contributed by atoms with Crippen molar-refractivity contribution in [1.82, 2.24) is 10.1 Å². The molecule has 2 rings (SSSR count). The van der Waals surface area contributed by atoms with E-state index >= 15 is 0 Å². The first-order valence-corrected chi connectivity index (χ1v) is 13.7. The van der Waals surface area contributed by atoms with Crippen LogP contribution in [0.2, 0.25) is 0 Å². The molecule has 0 N–H and O–H groups in total. The lowest BCUT2D eigenvalue weighted by atomic mass is 9.82. The lowest BCUT2D eigenvalue weighted by Crippen LogP contribution is -2.58. The maximum absolute atomic E-state index is 11.0. The van der Waals surface area contributed by atoms with Crippen LogP contribution in [0.4, 0.5) is 0 Å². The van der Waals surface area contributed by atoms with E-state index in [1.807, 2.05) is 6.92 Å². The number of allylic oxidation sites excluding steroid dienone is 2. The molecule has 0 unspecified atom stereocenters. The molecule has 0 aromatic carbocycles. The minimum absolute atomic E-state index is 0.0538. The van der Waals surface area contributed by atoms with Crippen LogP contribution >= 0.6 is 0 Å². The normalized spacial score (nSPS) is 23.3. The summed E-state index contributed by atoms with van der Waals surface area (Å²) in [6.07, 6.45) is 10.9. The second-order valence-electron chi connectivity index (χ2n) is 13.6. The molecule has 2 aliphatic rings. The van der Waals surface area contributed by atoms with E-state index in [0.29, 0.717) is 13.2 Å². The fourth-order valence-electron chi connectivity index (χ4n) is 5.80. The largest absolute Gasteiger partial charge is 0.295 e. The molecule has 0 aromatic heterocycles. The van der Waals surface area contributed by atoms with Crippen molar-refractivity contribution in [3.8, 4) is 0 Å². The van der Waals surface area contributed by atoms with Gasteiger partial charge in [0.15, 0.2) is 5.78 Å². The predicted octanol–water partition coefficient (Wildman–Crippen LogP) is 7.98. The average molecular weight is 505 g/mol. The zero-order chi connectivity index (χ0) is 27.9. The van der Waals surface area contributed by atoms with Gasteiger partial charge in [0.1, 0.15) is 0 Å². The number of hydrogen-bond acceptors (Lipinski definition) is 5. The molecular formula is C31H56N2O3. The van der Waals surface area contributed by atoms with Crippen LogP contribution in [-0.2, 0) is 14.5 Å². The summed E-state index contributed by atoms with van der Waals surface area (Å²) in [6, 6.07) is 0. The van der Waals surface area contributed by atoms with Crippen LogP contribution in [0.1, 0.15) is 122 Å². The number of rotatable bonds is 8. The fourth-order valence-corrected chi connectivity index (χ4v) is 5.80. The first-order chi connectivity index (χ1) is 16.3. The van der Waals surface area contributed by atoms with Gasteiger partial charge in [0.2, 0.25) is 0 Å². The Kier molecular flexibility index (Phi) is 11.8. The predicted molar refractivity (Wildman–Crippen MR) is 153 cm³/mol. The molecular weight excluding hydrogens is 448 g/mol. The third-order valence-corrected chi connectivity index (χ3v) is 7.10. The van der Waals surface area contributed by atoms with Gasteiger partial charge in [0.05, 0.1) is 13.2 Å². The summed E-state index contributed by atoms with van der Waals surface area (Å²) >= 11 is 0. The van der Waals surface area contributed by atoms with Gasteiger partial charge in [-0.25, -0.2) is 0 Å². The molecule has 0 atom stereocenters. The molecule has 36 heavy (non-hydrogen) atoms. The van der Waals surface area contributed by atoms with Gasteiger partial charge in [-0.2, -0.15) is 10.1 Å². The fraction of sp³-hybridized carbons (Fsp3) is 0.774. The number of hydroxylamine groups is 4. The Balaban J connectivity index is 0.000000360. The molecule has 0 amide bonds. The van der Waals surface area contributed by atoms with E-state index in [0.717, 1.165) is 24.0 Å². The number of hydrogen-bond donors (Lipinski definition) is 0. The van der Waals surface area contributed by atoms with E-state index in [-0.39, 0.29) is 27.9 Å². The molecule has 2 heterocycles. The highest BCUT2D eigenvalue weighted by Gasteiger charge is 2.43. The molecule has 2 saturated heterocycles. The number of carbonyl (C=O) groups excluding carboxylic acids is 1. The minimum atomic E-state index is 0.0538. The van der Waals surface area contributed by atoms with Gasteiger partial charge in [-0.3, -0.25) is 14.5 Å². The summed E-state index contributed by atoms with van der Waals surface area (Å²) in [6.45, 7) is 30.7. The molecule has 2 fully saturated rings. The van der Waals surface area contributed by atoms with Crippen LogP contribution in [0.15, 0.2) is 35.5 Å². The third kappa shape index (κ3) is 10.2. The second-order valence-corrected chi connectivity index (χ2v) is 13.6. The van der Waals surface area contributed by atoms with E-state index in [1.165, 1.54) is 31.3 Å². The standard InChI is InChI=1S/C16H29NO.C15H27NO2/c1-13(2)11-14(3)12-18-17-15(4,5)9-8-10-16(17,6)7;1-12(10-13(2)17)11-18-16-14(3,4)8-7-9-15(16,5)6/h11H,3,8-10,12H2,1-2,4-7H3;10H,7-9,11H2,1-6H3/b;12-10+. The Hall–Kier alpha value is -1.27. The van der Waals surface area contributed by atoms with Gasteiger partial charge in [-0.15, -0.1) is 0 Å². The lowest BCUT2D eigenvalue weighted by Gasteiger charge is -2.51. The molecule has 0 aromatic rings. The van der Waals surface area contributed by atoms with Crippen molar-refractivity contribution in [2.45, 2.75) is 144 Å². The van der Waals surface area contributed by atoms with Crippen molar-refractivity contribution in [2.75, 3.05) is 13.2 Å². The van der Waals surface area contributed by atoms with Crippen LogP contribution in [0.25, 0.3) is 0 Å². The average Bonchev–Trinajstić information content (AvgIpc) is 2.64. The van der Waals surface area contributed by atoms with Crippen LogP contribution in [0.5, 0.6) is 0 Å². The molecule has 5 heteroatoms. The second kappa shape index (κ2) is 13.0. The monoisotopic (exact) mass is 504 g/mol. The summed E-state index contributed by atoms with van der Waals surface area (Å²) in [7, 11) is 0. The zero-order valence-corrected chi connectivity index (χ0v) is 25.6. The van der Waals surface area contributed by atoms with Crippen molar-refractivity contribution in [3.05, 3.63) is 35.5 Å². The number of ketones is 1. The lowest BCUT2D eigenvalue weighted by molar-refractivity contribution is -0.275. The molecule has 0 aliphatic carbocycles. The van der Waals surface area contributed by atoms with Crippen LogP contribution in [-0.4, -0.2) is 51.3 Å². The summed E-state index contributed by atoms with van der Waals surface area (Å²) < 4.78 is 0. The summed E-state index contributed by atoms with van der Waals surface area (Å²) in [5.41, 5.74) is 3.59. The van der Waals surface area contributed by atoms with Gasteiger partial charge >= 0.3 is 0 Å². The number of carbonyl (C=O) groups is 1. The summed E-state index contributed by atoms with van der Waals surface area (Å²) in [4.78, 5) is 23.1. The first-order valence-electron chi connectivity index (χ1n) is 13.7. The smallest absolute Gasteiger partial charge is 0.152 e. The van der Waals surface area contributed by atoms with E-state index < -0.39 is 0 Å². The Bertz CT molecular complexity index is 782.